The van der Waals surface area contributed by atoms with E-state index in [1.165, 1.54) is 10.6 Å². The Morgan fingerprint density at radius 1 is 0.962 bits per heavy atom. The van der Waals surface area contributed by atoms with Crippen LogP contribution in [0.3, 0.4) is 0 Å². The molecule has 3 rings (SSSR count). The first-order valence-corrected chi connectivity index (χ1v) is 9.33. The predicted octanol–water partition coefficient (Wildman–Crippen LogP) is 4.21. The van der Waals surface area contributed by atoms with E-state index in [1.54, 1.807) is 24.4 Å². The maximum absolute atomic E-state index is 12.4. The van der Waals surface area contributed by atoms with Crippen LogP contribution in [-0.4, -0.2) is 10.4 Å². The highest BCUT2D eigenvalue weighted by molar-refractivity contribution is 9.08. The van der Waals surface area contributed by atoms with E-state index in [2.05, 4.69) is 15.9 Å². The van der Waals surface area contributed by atoms with Gasteiger partial charge in [-0.3, -0.25) is 9.59 Å². The minimum Gasteiger partial charge on any atom is -0.489 e. The number of ketones is 1. The van der Waals surface area contributed by atoms with E-state index in [-0.39, 0.29) is 17.9 Å². The summed E-state index contributed by atoms with van der Waals surface area (Å²) in [5, 5.41) is 0.741. The van der Waals surface area contributed by atoms with Gasteiger partial charge in [0, 0.05) is 23.2 Å². The molecule has 5 heteroatoms. The van der Waals surface area contributed by atoms with Gasteiger partial charge in [0.05, 0.1) is 6.54 Å². The maximum Gasteiger partial charge on any atom is 0.254 e. The van der Waals surface area contributed by atoms with E-state index in [0.29, 0.717) is 17.9 Å². The van der Waals surface area contributed by atoms with Crippen molar-refractivity contribution in [3.63, 3.8) is 0 Å². The number of hydrogen-bond acceptors (Lipinski definition) is 3. The summed E-state index contributed by atoms with van der Waals surface area (Å²) in [6.07, 6.45) is 1.59. The molecule has 0 radical (unpaired) electrons. The fourth-order valence-corrected chi connectivity index (χ4v) is 2.85. The summed E-state index contributed by atoms with van der Waals surface area (Å²) in [4.78, 5) is 24.6. The molecule has 2 aromatic carbocycles. The molecule has 1 aromatic heterocycles. The maximum atomic E-state index is 12.4. The number of hydrogen-bond donors (Lipinski definition) is 0. The second-order valence-corrected chi connectivity index (χ2v) is 6.42. The lowest BCUT2D eigenvalue weighted by atomic mass is 10.1. The number of rotatable bonds is 7. The number of aromatic nitrogens is 1. The fourth-order valence-electron chi connectivity index (χ4n) is 2.48. The number of carbonyl (C=O) groups is 1. The molecule has 0 aliphatic rings. The van der Waals surface area contributed by atoms with Crippen LogP contribution in [-0.2, 0) is 18.5 Å². The summed E-state index contributed by atoms with van der Waals surface area (Å²) in [6.45, 7) is 0.397. The lowest BCUT2D eigenvalue weighted by molar-refractivity contribution is 0.0970. The molecule has 0 saturated carbocycles. The molecule has 0 atom stereocenters. The summed E-state index contributed by atoms with van der Waals surface area (Å²) in [7, 11) is 0. The van der Waals surface area contributed by atoms with Crippen molar-refractivity contribution >= 4 is 21.7 Å². The van der Waals surface area contributed by atoms with Gasteiger partial charge in [-0.1, -0.05) is 70.5 Å². The predicted molar refractivity (Wildman–Crippen MR) is 105 cm³/mol. The van der Waals surface area contributed by atoms with Gasteiger partial charge >= 0.3 is 0 Å². The smallest absolute Gasteiger partial charge is 0.254 e. The third-order valence-electron chi connectivity index (χ3n) is 3.96. The molecule has 4 nitrogen and oxygen atoms in total. The van der Waals surface area contributed by atoms with Gasteiger partial charge in [-0.25, -0.2) is 0 Å². The van der Waals surface area contributed by atoms with Crippen molar-refractivity contribution in [2.75, 3.05) is 0 Å². The second-order valence-electron chi connectivity index (χ2n) is 5.86. The third kappa shape index (κ3) is 4.70. The SMILES string of the molecule is O=C(Cn1ccc(OCc2ccccc2)cc1=O)c1ccc(CBr)cc1. The Labute approximate surface area is 160 Å². The number of alkyl halides is 1. The highest BCUT2D eigenvalue weighted by atomic mass is 79.9. The largest absolute Gasteiger partial charge is 0.489 e. The monoisotopic (exact) mass is 411 g/mol. The number of ether oxygens (including phenoxy) is 1. The molecule has 26 heavy (non-hydrogen) atoms. The van der Waals surface area contributed by atoms with Crippen molar-refractivity contribution in [3.8, 4) is 5.75 Å². The molecule has 0 aliphatic heterocycles. The average Bonchev–Trinajstić information content (AvgIpc) is 2.69. The number of benzene rings is 2. The Hall–Kier alpha value is -2.66. The van der Waals surface area contributed by atoms with Gasteiger partial charge in [0.1, 0.15) is 12.4 Å². The molecule has 0 unspecified atom stereocenters. The Balaban J connectivity index is 1.65. The van der Waals surface area contributed by atoms with Crippen LogP contribution in [0.15, 0.2) is 77.7 Å². The zero-order chi connectivity index (χ0) is 18.4. The zero-order valence-corrected chi connectivity index (χ0v) is 15.7. The number of Topliss-reactive ketones (excluding diaryl/α,β-unsaturated/α-hetero) is 1. The van der Waals surface area contributed by atoms with Gasteiger partial charge in [-0.2, -0.15) is 0 Å². The summed E-state index contributed by atoms with van der Waals surface area (Å²) in [5.74, 6) is 0.385. The molecule has 0 aliphatic carbocycles. The molecule has 0 saturated heterocycles. The lowest BCUT2D eigenvalue weighted by Gasteiger charge is -2.09. The average molecular weight is 412 g/mol. The Morgan fingerprint density at radius 3 is 2.35 bits per heavy atom. The quantitative estimate of drug-likeness (QED) is 0.432. The van der Waals surface area contributed by atoms with Crippen LogP contribution in [0.1, 0.15) is 21.5 Å². The molecule has 3 aromatic rings. The highest BCUT2D eigenvalue weighted by Crippen LogP contribution is 2.11. The van der Waals surface area contributed by atoms with Crippen molar-refractivity contribution in [2.24, 2.45) is 0 Å². The molecule has 0 spiro atoms. The zero-order valence-electron chi connectivity index (χ0n) is 14.1. The molecular formula is C21H18BrNO3. The first kappa shape index (κ1) is 18.1. The summed E-state index contributed by atoms with van der Waals surface area (Å²) in [6, 6.07) is 20.2. The summed E-state index contributed by atoms with van der Waals surface area (Å²) < 4.78 is 7.03. The van der Waals surface area contributed by atoms with Crippen molar-refractivity contribution < 1.29 is 9.53 Å². The Morgan fingerprint density at radius 2 is 1.69 bits per heavy atom. The number of pyridine rings is 1. The van der Waals surface area contributed by atoms with Gasteiger partial charge in [0.15, 0.2) is 5.78 Å². The molecule has 1 heterocycles. The van der Waals surface area contributed by atoms with E-state index in [4.69, 9.17) is 4.74 Å². The van der Waals surface area contributed by atoms with E-state index >= 15 is 0 Å². The summed E-state index contributed by atoms with van der Waals surface area (Å²) >= 11 is 3.37. The van der Waals surface area contributed by atoms with Crippen LogP contribution in [0.4, 0.5) is 0 Å². The van der Waals surface area contributed by atoms with Crippen LogP contribution in [0.2, 0.25) is 0 Å². The van der Waals surface area contributed by atoms with E-state index in [9.17, 15) is 9.59 Å². The van der Waals surface area contributed by atoms with E-state index in [0.717, 1.165) is 16.5 Å². The molecule has 0 fully saturated rings. The van der Waals surface area contributed by atoms with Crippen LogP contribution in [0.25, 0.3) is 0 Å². The van der Waals surface area contributed by atoms with Gasteiger partial charge in [-0.05, 0) is 17.2 Å². The lowest BCUT2D eigenvalue weighted by Crippen LogP contribution is -2.23. The normalized spacial score (nSPS) is 10.5. The number of halogens is 1. The van der Waals surface area contributed by atoms with Gasteiger partial charge in [-0.15, -0.1) is 0 Å². The topological polar surface area (TPSA) is 48.3 Å². The standard InChI is InChI=1S/C21H18BrNO3/c22-13-16-6-8-18(9-7-16)20(24)14-23-11-10-19(12-21(23)25)26-15-17-4-2-1-3-5-17/h1-12H,13-15H2. The number of carbonyl (C=O) groups excluding carboxylic acids is 1. The fraction of sp³-hybridized carbons (Fsp3) is 0.143. The summed E-state index contributed by atoms with van der Waals surface area (Å²) in [5.41, 5.74) is 2.45. The highest BCUT2D eigenvalue weighted by Gasteiger charge is 2.09. The Kier molecular flexibility index (Phi) is 6.02. The van der Waals surface area contributed by atoms with Crippen molar-refractivity contribution in [3.05, 3.63) is 100.0 Å². The van der Waals surface area contributed by atoms with Gasteiger partial charge < -0.3 is 9.30 Å². The van der Waals surface area contributed by atoms with E-state index < -0.39 is 0 Å². The molecule has 0 amide bonds. The molecule has 0 N–H and O–H groups in total. The first-order chi connectivity index (χ1) is 12.7. The second kappa shape index (κ2) is 8.63. The van der Waals surface area contributed by atoms with Gasteiger partial charge in [0.2, 0.25) is 0 Å². The van der Waals surface area contributed by atoms with Crippen molar-refractivity contribution in [1.29, 1.82) is 0 Å². The van der Waals surface area contributed by atoms with Crippen LogP contribution >= 0.6 is 15.9 Å². The van der Waals surface area contributed by atoms with Gasteiger partial charge in [0.25, 0.3) is 5.56 Å². The molecular weight excluding hydrogens is 394 g/mol. The van der Waals surface area contributed by atoms with Crippen LogP contribution < -0.4 is 10.3 Å². The third-order valence-corrected chi connectivity index (χ3v) is 4.61. The van der Waals surface area contributed by atoms with Crippen LogP contribution in [0, 0.1) is 0 Å². The van der Waals surface area contributed by atoms with Crippen molar-refractivity contribution in [1.82, 2.24) is 4.57 Å². The first-order valence-electron chi connectivity index (χ1n) is 8.21. The minimum atomic E-state index is -0.263. The number of nitrogens with zero attached hydrogens (tertiary/aromatic N) is 1. The van der Waals surface area contributed by atoms with Crippen LogP contribution in [0.5, 0.6) is 5.75 Å². The molecule has 132 valence electrons. The van der Waals surface area contributed by atoms with E-state index in [1.807, 2.05) is 42.5 Å². The minimum absolute atomic E-state index is 0.00541. The Bertz CT molecular complexity index is 933. The molecule has 0 bridgehead atoms. The van der Waals surface area contributed by atoms with Crippen molar-refractivity contribution in [2.45, 2.75) is 18.5 Å².